The fourth-order valence-corrected chi connectivity index (χ4v) is 3.82. The Balaban J connectivity index is 1.72. The van der Waals surface area contributed by atoms with Crippen LogP contribution in [0.5, 0.6) is 5.75 Å². The number of ether oxygens (including phenoxy) is 1. The summed E-state index contributed by atoms with van der Waals surface area (Å²) in [6, 6.07) is 16.4. The third-order valence-electron chi connectivity index (χ3n) is 4.15. The molecule has 0 aliphatic carbocycles. The third-order valence-corrected chi connectivity index (χ3v) is 5.24. The van der Waals surface area contributed by atoms with E-state index in [1.807, 2.05) is 36.4 Å². The Bertz CT molecular complexity index is 1140. The van der Waals surface area contributed by atoms with Crippen molar-refractivity contribution in [1.29, 1.82) is 0 Å². The van der Waals surface area contributed by atoms with Gasteiger partial charge in [0.1, 0.15) is 4.83 Å². The summed E-state index contributed by atoms with van der Waals surface area (Å²) in [5.74, 6) is -0.269. The maximum absolute atomic E-state index is 13.9. The first kappa shape index (κ1) is 16.5. The normalized spacial score (nSPS) is 11.0. The molecule has 4 aromatic rings. The highest BCUT2D eigenvalue weighted by Crippen LogP contribution is 2.30. The molecule has 0 saturated carbocycles. The first-order chi connectivity index (χ1) is 12.7. The van der Waals surface area contributed by atoms with Crippen LogP contribution in [0, 0.1) is 5.82 Å². The fourth-order valence-electron chi connectivity index (χ4n) is 2.82. The van der Waals surface area contributed by atoms with E-state index in [1.165, 1.54) is 35.4 Å². The molecule has 0 spiro atoms. The standard InChI is InChI=1S/C20H15FN2O2S/c1-25-17-8-7-13(9-16(17)21)11-23-12-22-19-15(20(23)24)10-18(26-19)14-5-3-2-4-6-14/h2-10,12H,11H2,1H3. The highest BCUT2D eigenvalue weighted by molar-refractivity contribution is 7.21. The van der Waals surface area contributed by atoms with Crippen LogP contribution in [0.3, 0.4) is 0 Å². The summed E-state index contributed by atoms with van der Waals surface area (Å²) >= 11 is 1.49. The first-order valence-electron chi connectivity index (χ1n) is 8.02. The zero-order valence-corrected chi connectivity index (χ0v) is 14.8. The predicted molar refractivity (Wildman–Crippen MR) is 101 cm³/mol. The lowest BCUT2D eigenvalue weighted by atomic mass is 10.2. The van der Waals surface area contributed by atoms with Gasteiger partial charge in [-0.3, -0.25) is 9.36 Å². The molecule has 4 nitrogen and oxygen atoms in total. The molecule has 2 heterocycles. The Morgan fingerprint density at radius 2 is 1.96 bits per heavy atom. The molecule has 0 atom stereocenters. The smallest absolute Gasteiger partial charge is 0.262 e. The van der Waals surface area contributed by atoms with Crippen LogP contribution in [0.15, 0.2) is 65.7 Å². The van der Waals surface area contributed by atoms with E-state index in [2.05, 4.69) is 4.98 Å². The number of nitrogens with zero attached hydrogens (tertiary/aromatic N) is 2. The molecule has 0 amide bonds. The van der Waals surface area contributed by atoms with Gasteiger partial charge in [0, 0.05) is 4.88 Å². The second kappa shape index (κ2) is 6.72. The number of fused-ring (bicyclic) bond motifs is 1. The predicted octanol–water partition coefficient (Wildman–Crippen LogP) is 4.32. The van der Waals surface area contributed by atoms with E-state index in [0.717, 1.165) is 10.4 Å². The molecule has 0 radical (unpaired) electrons. The van der Waals surface area contributed by atoms with Gasteiger partial charge in [-0.2, -0.15) is 0 Å². The molecule has 4 rings (SSSR count). The van der Waals surface area contributed by atoms with Gasteiger partial charge in [-0.25, -0.2) is 9.37 Å². The van der Waals surface area contributed by atoms with Gasteiger partial charge >= 0.3 is 0 Å². The van der Waals surface area contributed by atoms with Gasteiger partial charge in [0.15, 0.2) is 11.6 Å². The van der Waals surface area contributed by atoms with Crippen molar-refractivity contribution in [2.75, 3.05) is 7.11 Å². The topological polar surface area (TPSA) is 44.1 Å². The summed E-state index contributed by atoms with van der Waals surface area (Å²) in [5, 5.41) is 0.574. The molecule has 2 aromatic heterocycles. The van der Waals surface area contributed by atoms with Gasteiger partial charge in [0.2, 0.25) is 0 Å². The monoisotopic (exact) mass is 366 g/mol. The second-order valence-electron chi connectivity index (χ2n) is 5.84. The van der Waals surface area contributed by atoms with Crippen molar-refractivity contribution in [3.63, 3.8) is 0 Å². The van der Waals surface area contributed by atoms with E-state index in [9.17, 15) is 9.18 Å². The summed E-state index contributed by atoms with van der Waals surface area (Å²) in [4.78, 5) is 18.9. The molecule has 130 valence electrons. The number of hydrogen-bond acceptors (Lipinski definition) is 4. The number of hydrogen-bond donors (Lipinski definition) is 0. The SMILES string of the molecule is COc1ccc(Cn2cnc3sc(-c4ccccc4)cc3c2=O)cc1F. The fraction of sp³-hybridized carbons (Fsp3) is 0.100. The minimum absolute atomic E-state index is 0.135. The summed E-state index contributed by atoms with van der Waals surface area (Å²) in [7, 11) is 1.42. The lowest BCUT2D eigenvalue weighted by molar-refractivity contribution is 0.386. The maximum Gasteiger partial charge on any atom is 0.262 e. The average molecular weight is 366 g/mol. The van der Waals surface area contributed by atoms with E-state index < -0.39 is 5.82 Å². The molecule has 0 fully saturated rings. The van der Waals surface area contributed by atoms with Crippen LogP contribution < -0.4 is 10.3 Å². The molecule has 0 aliphatic rings. The van der Waals surface area contributed by atoms with Crippen molar-refractivity contribution >= 4 is 21.6 Å². The molecule has 2 aromatic carbocycles. The van der Waals surface area contributed by atoms with Crippen LogP contribution in [0.1, 0.15) is 5.56 Å². The first-order valence-corrected chi connectivity index (χ1v) is 8.84. The highest BCUT2D eigenvalue weighted by atomic mass is 32.1. The number of rotatable bonds is 4. The van der Waals surface area contributed by atoms with Crippen LogP contribution in [0.25, 0.3) is 20.7 Å². The number of halogens is 1. The van der Waals surface area contributed by atoms with Gasteiger partial charge in [-0.15, -0.1) is 11.3 Å². The maximum atomic E-state index is 13.9. The Morgan fingerprint density at radius 1 is 1.15 bits per heavy atom. The molecular formula is C20H15FN2O2S. The summed E-state index contributed by atoms with van der Waals surface area (Å²) in [5.41, 5.74) is 1.59. The molecule has 6 heteroatoms. The van der Waals surface area contributed by atoms with Crippen molar-refractivity contribution < 1.29 is 9.13 Å². The van der Waals surface area contributed by atoms with Crippen molar-refractivity contribution in [2.45, 2.75) is 6.54 Å². The summed E-state index contributed by atoms with van der Waals surface area (Å²) < 4.78 is 20.3. The van der Waals surface area contributed by atoms with Crippen LogP contribution in [0.2, 0.25) is 0 Å². The number of aromatic nitrogens is 2. The molecule has 0 aliphatic heterocycles. The Hall–Kier alpha value is -2.99. The molecule has 0 bridgehead atoms. The van der Waals surface area contributed by atoms with E-state index in [-0.39, 0.29) is 17.9 Å². The van der Waals surface area contributed by atoms with Gasteiger partial charge in [-0.1, -0.05) is 36.4 Å². The van der Waals surface area contributed by atoms with E-state index >= 15 is 0 Å². The molecule has 0 saturated heterocycles. The van der Waals surface area contributed by atoms with E-state index in [1.54, 1.807) is 12.1 Å². The van der Waals surface area contributed by atoms with Crippen molar-refractivity contribution in [3.05, 3.63) is 82.7 Å². The third kappa shape index (κ3) is 2.99. The van der Waals surface area contributed by atoms with Crippen LogP contribution in [-0.2, 0) is 6.54 Å². The lowest BCUT2D eigenvalue weighted by Crippen LogP contribution is -2.20. The molecule has 0 unspecified atom stereocenters. The Morgan fingerprint density at radius 3 is 2.69 bits per heavy atom. The summed E-state index contributed by atoms with van der Waals surface area (Å²) in [6.45, 7) is 0.249. The zero-order chi connectivity index (χ0) is 18.1. The van der Waals surface area contributed by atoms with Crippen LogP contribution >= 0.6 is 11.3 Å². The second-order valence-corrected chi connectivity index (χ2v) is 6.87. The number of methoxy groups -OCH3 is 1. The van der Waals surface area contributed by atoms with Gasteiger partial charge in [-0.05, 0) is 29.3 Å². The highest BCUT2D eigenvalue weighted by Gasteiger charge is 2.11. The quantitative estimate of drug-likeness (QED) is 0.540. The zero-order valence-electron chi connectivity index (χ0n) is 14.0. The van der Waals surface area contributed by atoms with Crippen LogP contribution in [-0.4, -0.2) is 16.7 Å². The molecule has 26 heavy (non-hydrogen) atoms. The average Bonchev–Trinajstić information content (AvgIpc) is 3.10. The molecule has 0 N–H and O–H groups in total. The lowest BCUT2D eigenvalue weighted by Gasteiger charge is -2.07. The minimum atomic E-state index is -0.450. The summed E-state index contributed by atoms with van der Waals surface area (Å²) in [6.07, 6.45) is 1.51. The minimum Gasteiger partial charge on any atom is -0.494 e. The van der Waals surface area contributed by atoms with Crippen molar-refractivity contribution in [3.8, 4) is 16.2 Å². The van der Waals surface area contributed by atoms with Gasteiger partial charge in [0.05, 0.1) is 25.4 Å². The Labute approximate surface area is 153 Å². The largest absolute Gasteiger partial charge is 0.494 e. The van der Waals surface area contributed by atoms with Crippen molar-refractivity contribution in [2.24, 2.45) is 0 Å². The van der Waals surface area contributed by atoms with Crippen molar-refractivity contribution in [1.82, 2.24) is 9.55 Å². The van der Waals surface area contributed by atoms with Crippen LogP contribution in [0.4, 0.5) is 4.39 Å². The number of benzene rings is 2. The van der Waals surface area contributed by atoms with E-state index in [0.29, 0.717) is 15.8 Å². The number of thiophene rings is 1. The molecular weight excluding hydrogens is 351 g/mol. The van der Waals surface area contributed by atoms with Gasteiger partial charge < -0.3 is 4.74 Å². The Kier molecular flexibility index (Phi) is 4.26. The van der Waals surface area contributed by atoms with Gasteiger partial charge in [0.25, 0.3) is 5.56 Å². The van der Waals surface area contributed by atoms with E-state index in [4.69, 9.17) is 4.74 Å².